The highest BCUT2D eigenvalue weighted by molar-refractivity contribution is 5.46. The molecule has 0 spiro atoms. The molecule has 88 valence electrons. The largest absolute Gasteiger partial charge is 0.494 e. The fraction of sp³-hybridized carbons (Fsp3) is 0.154. The van der Waals surface area contributed by atoms with Crippen LogP contribution >= 0.6 is 0 Å². The highest BCUT2D eigenvalue weighted by Crippen LogP contribution is 2.21. The van der Waals surface area contributed by atoms with Crippen molar-refractivity contribution in [2.45, 2.75) is 6.42 Å². The third kappa shape index (κ3) is 2.53. The molecule has 1 aromatic carbocycles. The van der Waals surface area contributed by atoms with Crippen LogP contribution in [-0.2, 0) is 6.42 Å². The van der Waals surface area contributed by atoms with Crippen LogP contribution in [-0.4, -0.2) is 12.1 Å². The maximum Gasteiger partial charge on any atom is 0.165 e. The molecule has 1 heterocycles. The van der Waals surface area contributed by atoms with Gasteiger partial charge in [0, 0.05) is 6.20 Å². The van der Waals surface area contributed by atoms with Crippen molar-refractivity contribution < 1.29 is 9.13 Å². The minimum absolute atomic E-state index is 0.247. The number of rotatable bonds is 3. The molecule has 0 fully saturated rings. The Balaban J connectivity index is 2.25. The van der Waals surface area contributed by atoms with Gasteiger partial charge in [0.15, 0.2) is 11.6 Å². The summed E-state index contributed by atoms with van der Waals surface area (Å²) in [6.07, 6.45) is 3.84. The summed E-state index contributed by atoms with van der Waals surface area (Å²) in [4.78, 5) is 3.91. The topological polar surface area (TPSA) is 48.1 Å². The monoisotopic (exact) mass is 232 g/mol. The molecule has 0 unspecified atom stereocenters. The Kier molecular flexibility index (Phi) is 3.23. The molecule has 2 aromatic rings. The summed E-state index contributed by atoms with van der Waals surface area (Å²) in [7, 11) is 1.44. The molecule has 3 nitrogen and oxygen atoms in total. The van der Waals surface area contributed by atoms with Gasteiger partial charge in [0.2, 0.25) is 0 Å². The number of benzene rings is 1. The van der Waals surface area contributed by atoms with Gasteiger partial charge in [-0.3, -0.25) is 4.98 Å². The van der Waals surface area contributed by atoms with Gasteiger partial charge in [-0.05, 0) is 35.7 Å². The fourth-order valence-electron chi connectivity index (χ4n) is 1.64. The number of nitrogens with two attached hydrogens (primary N) is 1. The number of ether oxygens (including phenoxy) is 1. The first kappa shape index (κ1) is 11.4. The van der Waals surface area contributed by atoms with Gasteiger partial charge in [-0.15, -0.1) is 0 Å². The minimum Gasteiger partial charge on any atom is -0.494 e. The molecule has 0 amide bonds. The second kappa shape index (κ2) is 4.82. The van der Waals surface area contributed by atoms with Gasteiger partial charge in [0.25, 0.3) is 0 Å². The molecule has 2 rings (SSSR count). The average Bonchev–Trinajstić information content (AvgIpc) is 2.32. The molecule has 0 atom stereocenters. The highest BCUT2D eigenvalue weighted by Gasteiger charge is 2.05. The van der Waals surface area contributed by atoms with Crippen molar-refractivity contribution in [3.63, 3.8) is 0 Å². The maximum absolute atomic E-state index is 13.5. The predicted molar refractivity (Wildman–Crippen MR) is 64.4 cm³/mol. The number of hydrogen-bond acceptors (Lipinski definition) is 3. The van der Waals surface area contributed by atoms with E-state index in [2.05, 4.69) is 4.98 Å². The molecule has 0 saturated heterocycles. The number of anilines is 1. The van der Waals surface area contributed by atoms with Gasteiger partial charge in [0.05, 0.1) is 19.0 Å². The molecule has 1 aromatic heterocycles. The molecular formula is C13H13FN2O. The summed E-state index contributed by atoms with van der Waals surface area (Å²) in [5, 5.41) is 0. The van der Waals surface area contributed by atoms with Crippen molar-refractivity contribution in [1.82, 2.24) is 4.98 Å². The molecule has 2 N–H and O–H groups in total. The molecule has 0 radical (unpaired) electrons. The van der Waals surface area contributed by atoms with Gasteiger partial charge in [-0.25, -0.2) is 4.39 Å². The number of hydrogen-bond donors (Lipinski definition) is 1. The van der Waals surface area contributed by atoms with Crippen LogP contribution in [0.2, 0.25) is 0 Å². The van der Waals surface area contributed by atoms with E-state index >= 15 is 0 Å². The lowest BCUT2D eigenvalue weighted by Crippen LogP contribution is -1.97. The highest BCUT2D eigenvalue weighted by atomic mass is 19.1. The lowest BCUT2D eigenvalue weighted by molar-refractivity contribution is 0.386. The van der Waals surface area contributed by atoms with E-state index in [1.165, 1.54) is 13.2 Å². The van der Waals surface area contributed by atoms with Crippen LogP contribution in [0.3, 0.4) is 0 Å². The summed E-state index contributed by atoms with van der Waals surface area (Å²) < 4.78 is 18.3. The van der Waals surface area contributed by atoms with Crippen LogP contribution < -0.4 is 10.5 Å². The molecular weight excluding hydrogens is 219 g/mol. The van der Waals surface area contributed by atoms with Crippen LogP contribution in [0.4, 0.5) is 10.1 Å². The van der Waals surface area contributed by atoms with Crippen molar-refractivity contribution in [2.24, 2.45) is 0 Å². The number of nitrogens with zero attached hydrogens (tertiary/aromatic N) is 1. The first-order chi connectivity index (χ1) is 8.20. The van der Waals surface area contributed by atoms with E-state index in [1.54, 1.807) is 18.5 Å². The molecule has 0 saturated carbocycles. The number of aromatic nitrogens is 1. The first-order valence-electron chi connectivity index (χ1n) is 5.21. The van der Waals surface area contributed by atoms with E-state index in [0.29, 0.717) is 12.1 Å². The number of halogens is 1. The zero-order chi connectivity index (χ0) is 12.3. The quantitative estimate of drug-likeness (QED) is 0.884. The summed E-state index contributed by atoms with van der Waals surface area (Å²) >= 11 is 0. The van der Waals surface area contributed by atoms with Gasteiger partial charge in [0.1, 0.15) is 0 Å². The van der Waals surface area contributed by atoms with E-state index < -0.39 is 0 Å². The van der Waals surface area contributed by atoms with Gasteiger partial charge < -0.3 is 10.5 Å². The molecule has 4 heteroatoms. The lowest BCUT2D eigenvalue weighted by Gasteiger charge is -2.07. The number of nitrogen functional groups attached to an aromatic ring is 1. The Morgan fingerprint density at radius 3 is 2.82 bits per heavy atom. The molecule has 17 heavy (non-hydrogen) atoms. The average molecular weight is 232 g/mol. The fourth-order valence-corrected chi connectivity index (χ4v) is 1.64. The van der Waals surface area contributed by atoms with Crippen molar-refractivity contribution in [3.8, 4) is 5.75 Å². The van der Waals surface area contributed by atoms with Gasteiger partial charge in [-0.2, -0.15) is 0 Å². The lowest BCUT2D eigenvalue weighted by atomic mass is 10.0. The second-order valence-electron chi connectivity index (χ2n) is 3.72. The van der Waals surface area contributed by atoms with Crippen molar-refractivity contribution in [1.29, 1.82) is 0 Å². The van der Waals surface area contributed by atoms with E-state index in [1.807, 2.05) is 12.1 Å². The SMILES string of the molecule is COc1ccc(Cc2ccncc2N)cc1F. The smallest absolute Gasteiger partial charge is 0.165 e. The Hall–Kier alpha value is -2.10. The molecule has 0 aliphatic carbocycles. The molecule has 0 aliphatic heterocycles. The van der Waals surface area contributed by atoms with Gasteiger partial charge in [-0.1, -0.05) is 6.07 Å². The minimum atomic E-state index is -0.363. The first-order valence-corrected chi connectivity index (χ1v) is 5.21. The Labute approximate surface area is 99.1 Å². The third-order valence-electron chi connectivity index (χ3n) is 2.56. The summed E-state index contributed by atoms with van der Waals surface area (Å²) in [6, 6.07) is 6.72. The Morgan fingerprint density at radius 2 is 2.18 bits per heavy atom. The van der Waals surface area contributed by atoms with Gasteiger partial charge >= 0.3 is 0 Å². The van der Waals surface area contributed by atoms with Crippen molar-refractivity contribution in [2.75, 3.05) is 12.8 Å². The van der Waals surface area contributed by atoms with Crippen molar-refractivity contribution in [3.05, 3.63) is 53.6 Å². The summed E-state index contributed by atoms with van der Waals surface area (Å²) in [5.74, 6) is -0.117. The standard InChI is InChI=1S/C13H13FN2O/c1-17-13-3-2-9(7-11(13)14)6-10-4-5-16-8-12(10)15/h2-5,7-8H,6,15H2,1H3. The van der Waals surface area contributed by atoms with E-state index in [0.717, 1.165) is 11.1 Å². The van der Waals surface area contributed by atoms with E-state index in [-0.39, 0.29) is 11.6 Å². The Bertz CT molecular complexity index is 529. The van der Waals surface area contributed by atoms with Crippen LogP contribution in [0, 0.1) is 5.82 Å². The third-order valence-corrected chi connectivity index (χ3v) is 2.56. The van der Waals surface area contributed by atoms with E-state index in [9.17, 15) is 4.39 Å². The second-order valence-corrected chi connectivity index (χ2v) is 3.72. The Morgan fingerprint density at radius 1 is 1.35 bits per heavy atom. The zero-order valence-corrected chi connectivity index (χ0v) is 9.48. The normalized spacial score (nSPS) is 10.2. The van der Waals surface area contributed by atoms with E-state index in [4.69, 9.17) is 10.5 Å². The zero-order valence-electron chi connectivity index (χ0n) is 9.48. The molecule has 0 bridgehead atoms. The van der Waals surface area contributed by atoms with Crippen LogP contribution in [0.25, 0.3) is 0 Å². The summed E-state index contributed by atoms with van der Waals surface area (Å²) in [6.45, 7) is 0. The number of methoxy groups -OCH3 is 1. The van der Waals surface area contributed by atoms with Crippen LogP contribution in [0.1, 0.15) is 11.1 Å². The predicted octanol–water partition coefficient (Wildman–Crippen LogP) is 2.40. The van der Waals surface area contributed by atoms with Crippen LogP contribution in [0.5, 0.6) is 5.75 Å². The van der Waals surface area contributed by atoms with Crippen molar-refractivity contribution >= 4 is 5.69 Å². The van der Waals surface area contributed by atoms with Crippen LogP contribution in [0.15, 0.2) is 36.7 Å². The summed E-state index contributed by atoms with van der Waals surface area (Å²) in [5.41, 5.74) is 8.18. The maximum atomic E-state index is 13.5. The molecule has 0 aliphatic rings. The number of pyridine rings is 1.